The lowest BCUT2D eigenvalue weighted by atomic mass is 10.1. The second-order valence-electron chi connectivity index (χ2n) is 5.15. The van der Waals surface area contributed by atoms with Crippen LogP contribution in [0.25, 0.3) is 0 Å². The van der Waals surface area contributed by atoms with Crippen LogP contribution in [0, 0.1) is 0 Å². The number of benzene rings is 2. The van der Waals surface area contributed by atoms with Crippen LogP contribution in [0.15, 0.2) is 48.5 Å². The fourth-order valence-corrected chi connectivity index (χ4v) is 2.57. The molecule has 2 aromatic carbocycles. The Morgan fingerprint density at radius 3 is 2.45 bits per heavy atom. The molecule has 0 aromatic heterocycles. The molecule has 0 spiro atoms. The van der Waals surface area contributed by atoms with Gasteiger partial charge in [0, 0.05) is 17.3 Å². The van der Waals surface area contributed by atoms with Crippen molar-refractivity contribution in [2.45, 2.75) is 19.5 Å². The maximum atomic E-state index is 12.4. The van der Waals surface area contributed by atoms with E-state index >= 15 is 0 Å². The number of carbonyl (C=O) groups is 1. The molecule has 1 aliphatic heterocycles. The van der Waals surface area contributed by atoms with Crippen LogP contribution in [0.4, 0.5) is 5.69 Å². The summed E-state index contributed by atoms with van der Waals surface area (Å²) >= 11 is 0. The van der Waals surface area contributed by atoms with E-state index < -0.39 is 0 Å². The molecule has 2 aromatic rings. The number of nitrogens with zero attached hydrogens (tertiary/aromatic N) is 1. The van der Waals surface area contributed by atoms with Crippen molar-refractivity contribution in [2.75, 3.05) is 11.9 Å². The molecule has 0 saturated carbocycles. The lowest BCUT2D eigenvalue weighted by molar-refractivity contribution is 0.0996. The molecule has 1 aliphatic rings. The lowest BCUT2D eigenvalue weighted by Gasteiger charge is -2.17. The van der Waals surface area contributed by atoms with Gasteiger partial charge in [0.15, 0.2) is 0 Å². The van der Waals surface area contributed by atoms with Crippen molar-refractivity contribution in [1.82, 2.24) is 5.32 Å². The topological polar surface area (TPSA) is 32.3 Å². The molecule has 3 heteroatoms. The number of amides is 1. The second-order valence-corrected chi connectivity index (χ2v) is 5.15. The summed E-state index contributed by atoms with van der Waals surface area (Å²) in [6.45, 7) is 2.78. The minimum atomic E-state index is 0.0926. The molecule has 0 fully saturated rings. The molecule has 20 heavy (non-hydrogen) atoms. The van der Waals surface area contributed by atoms with E-state index in [1.807, 2.05) is 48.3 Å². The van der Waals surface area contributed by atoms with Gasteiger partial charge in [0.1, 0.15) is 0 Å². The first-order valence-electron chi connectivity index (χ1n) is 6.87. The normalized spacial score (nSPS) is 15.3. The number of anilines is 1. The molecule has 3 nitrogen and oxygen atoms in total. The minimum absolute atomic E-state index is 0.0926. The predicted molar refractivity (Wildman–Crippen MR) is 80.9 cm³/mol. The van der Waals surface area contributed by atoms with E-state index in [2.05, 4.69) is 24.4 Å². The van der Waals surface area contributed by atoms with Crippen molar-refractivity contribution in [3.8, 4) is 0 Å². The van der Waals surface area contributed by atoms with E-state index in [9.17, 15) is 4.79 Å². The van der Waals surface area contributed by atoms with Crippen molar-refractivity contribution >= 4 is 11.6 Å². The van der Waals surface area contributed by atoms with E-state index in [1.54, 1.807) is 0 Å². The monoisotopic (exact) mass is 266 g/mol. The Balaban J connectivity index is 1.87. The van der Waals surface area contributed by atoms with Crippen LogP contribution in [-0.4, -0.2) is 13.0 Å². The molecule has 3 rings (SSSR count). The number of rotatable bonds is 3. The fourth-order valence-electron chi connectivity index (χ4n) is 2.57. The van der Waals surface area contributed by atoms with Gasteiger partial charge in [-0.1, -0.05) is 30.3 Å². The molecule has 0 bridgehead atoms. The van der Waals surface area contributed by atoms with Crippen LogP contribution in [0.5, 0.6) is 0 Å². The second kappa shape index (κ2) is 5.10. The molecule has 102 valence electrons. The summed E-state index contributed by atoms with van der Waals surface area (Å²) in [5, 5.41) is 3.21. The maximum absolute atomic E-state index is 12.4. The zero-order chi connectivity index (χ0) is 14.1. The first-order chi connectivity index (χ1) is 9.70. The van der Waals surface area contributed by atoms with Gasteiger partial charge in [-0.15, -0.1) is 0 Å². The smallest absolute Gasteiger partial charge is 0.258 e. The van der Waals surface area contributed by atoms with Crippen molar-refractivity contribution in [3.05, 3.63) is 65.2 Å². The molecule has 1 atom stereocenters. The number of hydrogen-bond donors (Lipinski definition) is 1. The SMILES string of the molecule is CNC(C)c1ccc(N2Cc3ccccc3C2=O)cc1. The lowest BCUT2D eigenvalue weighted by Crippen LogP contribution is -2.23. The van der Waals surface area contributed by atoms with Crippen molar-refractivity contribution in [3.63, 3.8) is 0 Å². The molecule has 1 N–H and O–H groups in total. The van der Waals surface area contributed by atoms with E-state index in [4.69, 9.17) is 0 Å². The molecular weight excluding hydrogens is 248 g/mol. The summed E-state index contributed by atoms with van der Waals surface area (Å²) in [4.78, 5) is 14.2. The summed E-state index contributed by atoms with van der Waals surface area (Å²) in [6.07, 6.45) is 0. The summed E-state index contributed by atoms with van der Waals surface area (Å²) < 4.78 is 0. The standard InChI is InChI=1S/C17H18N2O/c1-12(18-2)13-7-9-15(10-8-13)19-11-14-5-3-4-6-16(14)17(19)20/h3-10,12,18H,11H2,1-2H3. The zero-order valence-corrected chi connectivity index (χ0v) is 11.8. The van der Waals surface area contributed by atoms with Gasteiger partial charge >= 0.3 is 0 Å². The van der Waals surface area contributed by atoms with E-state index in [0.29, 0.717) is 12.6 Å². The van der Waals surface area contributed by atoms with E-state index in [1.165, 1.54) is 5.56 Å². The highest BCUT2D eigenvalue weighted by Gasteiger charge is 2.27. The highest BCUT2D eigenvalue weighted by molar-refractivity contribution is 6.09. The third-order valence-corrected chi connectivity index (χ3v) is 3.96. The summed E-state index contributed by atoms with van der Waals surface area (Å²) in [5.41, 5.74) is 4.10. The van der Waals surface area contributed by atoms with Gasteiger partial charge in [-0.25, -0.2) is 0 Å². The Labute approximate surface area is 119 Å². The Morgan fingerprint density at radius 1 is 1.10 bits per heavy atom. The first kappa shape index (κ1) is 12.9. The van der Waals surface area contributed by atoms with Crippen LogP contribution >= 0.6 is 0 Å². The number of carbonyl (C=O) groups excluding carboxylic acids is 1. The first-order valence-corrected chi connectivity index (χ1v) is 6.87. The van der Waals surface area contributed by atoms with Crippen molar-refractivity contribution in [1.29, 1.82) is 0 Å². The summed E-state index contributed by atoms with van der Waals surface area (Å²) in [7, 11) is 1.94. The maximum Gasteiger partial charge on any atom is 0.258 e. The fraction of sp³-hybridized carbons (Fsp3) is 0.235. The molecule has 0 aliphatic carbocycles. The Hall–Kier alpha value is -2.13. The summed E-state index contributed by atoms with van der Waals surface area (Å²) in [6, 6.07) is 16.3. The molecule has 1 heterocycles. The highest BCUT2D eigenvalue weighted by Crippen LogP contribution is 2.28. The van der Waals surface area contributed by atoms with Crippen LogP contribution in [0.2, 0.25) is 0 Å². The Morgan fingerprint density at radius 2 is 1.80 bits per heavy atom. The van der Waals surface area contributed by atoms with Crippen LogP contribution in [-0.2, 0) is 6.54 Å². The van der Waals surface area contributed by atoms with Gasteiger partial charge in [0.25, 0.3) is 5.91 Å². The number of hydrogen-bond acceptors (Lipinski definition) is 2. The third kappa shape index (κ3) is 2.10. The van der Waals surface area contributed by atoms with Crippen LogP contribution < -0.4 is 10.2 Å². The van der Waals surface area contributed by atoms with Crippen LogP contribution in [0.1, 0.15) is 34.5 Å². The zero-order valence-electron chi connectivity index (χ0n) is 11.8. The van der Waals surface area contributed by atoms with Gasteiger partial charge < -0.3 is 10.2 Å². The van der Waals surface area contributed by atoms with E-state index in [-0.39, 0.29) is 5.91 Å². The highest BCUT2D eigenvalue weighted by atomic mass is 16.2. The van der Waals surface area contributed by atoms with Gasteiger partial charge in [0.05, 0.1) is 6.54 Å². The number of fused-ring (bicyclic) bond motifs is 1. The molecule has 1 unspecified atom stereocenters. The van der Waals surface area contributed by atoms with Gasteiger partial charge in [-0.2, -0.15) is 0 Å². The molecule has 0 radical (unpaired) electrons. The average molecular weight is 266 g/mol. The molecule has 1 amide bonds. The largest absolute Gasteiger partial charge is 0.313 e. The summed E-state index contributed by atoms with van der Waals surface area (Å²) in [5.74, 6) is 0.0926. The number of nitrogens with one attached hydrogen (secondary N) is 1. The molecular formula is C17H18N2O. The van der Waals surface area contributed by atoms with Crippen molar-refractivity contribution < 1.29 is 4.79 Å². The van der Waals surface area contributed by atoms with Gasteiger partial charge in [-0.05, 0) is 43.3 Å². The van der Waals surface area contributed by atoms with E-state index in [0.717, 1.165) is 16.8 Å². The third-order valence-electron chi connectivity index (χ3n) is 3.96. The van der Waals surface area contributed by atoms with Crippen molar-refractivity contribution in [2.24, 2.45) is 0 Å². The Bertz CT molecular complexity index is 634. The molecule has 0 saturated heterocycles. The van der Waals surface area contributed by atoms with Crippen LogP contribution in [0.3, 0.4) is 0 Å². The minimum Gasteiger partial charge on any atom is -0.313 e. The quantitative estimate of drug-likeness (QED) is 0.925. The van der Waals surface area contributed by atoms with Gasteiger partial charge in [0.2, 0.25) is 0 Å². The Kier molecular flexibility index (Phi) is 3.28. The predicted octanol–water partition coefficient (Wildman–Crippen LogP) is 3.13. The average Bonchev–Trinajstić information content (AvgIpc) is 2.84. The van der Waals surface area contributed by atoms with Gasteiger partial charge in [-0.3, -0.25) is 4.79 Å².